The molecule has 0 atom stereocenters. The van der Waals surface area contributed by atoms with Gasteiger partial charge in [0.15, 0.2) is 5.82 Å². The monoisotopic (exact) mass is 329 g/mol. The van der Waals surface area contributed by atoms with Gasteiger partial charge in [-0.15, -0.1) is 0 Å². The highest BCUT2D eigenvalue weighted by molar-refractivity contribution is 5.99. The Balaban J connectivity index is 1.67. The van der Waals surface area contributed by atoms with Crippen LogP contribution in [0.25, 0.3) is 0 Å². The van der Waals surface area contributed by atoms with Gasteiger partial charge in [-0.05, 0) is 43.0 Å². The third-order valence-electron chi connectivity index (χ3n) is 3.84. The zero-order valence-electron chi connectivity index (χ0n) is 13.4. The van der Waals surface area contributed by atoms with Crippen molar-refractivity contribution in [3.8, 4) is 5.75 Å². The number of ether oxygens (including phenoxy) is 1. The molecule has 0 radical (unpaired) electrons. The Morgan fingerprint density at radius 1 is 1.29 bits per heavy atom. The van der Waals surface area contributed by atoms with E-state index in [1.54, 1.807) is 42.3 Å². The van der Waals surface area contributed by atoms with Crippen LogP contribution in [-0.4, -0.2) is 42.1 Å². The maximum atomic E-state index is 12.7. The number of rotatable bonds is 7. The SMILES string of the molecule is COc1ccc(C(=O)N(CC(=O)Nc2ccon2)CC2CC2)cc1. The Labute approximate surface area is 139 Å². The zero-order valence-corrected chi connectivity index (χ0v) is 13.4. The highest BCUT2D eigenvalue weighted by Gasteiger charge is 2.28. The molecule has 24 heavy (non-hydrogen) atoms. The van der Waals surface area contributed by atoms with Crippen molar-refractivity contribution in [2.24, 2.45) is 5.92 Å². The van der Waals surface area contributed by atoms with Gasteiger partial charge in [0, 0.05) is 18.2 Å². The summed E-state index contributed by atoms with van der Waals surface area (Å²) in [5.74, 6) is 1.03. The standard InChI is InChI=1S/C17H19N3O4/c1-23-14-6-4-13(5-7-14)17(22)20(10-12-2-3-12)11-16(21)18-15-8-9-24-19-15/h4-9,12H,2-3,10-11H2,1H3,(H,18,19,21). The molecule has 3 rings (SSSR count). The van der Waals surface area contributed by atoms with Crippen LogP contribution >= 0.6 is 0 Å². The first-order chi connectivity index (χ1) is 11.7. The number of carbonyl (C=O) groups excluding carboxylic acids is 2. The van der Waals surface area contributed by atoms with Gasteiger partial charge in [-0.25, -0.2) is 0 Å². The minimum Gasteiger partial charge on any atom is -0.497 e. The van der Waals surface area contributed by atoms with Crippen molar-refractivity contribution in [2.45, 2.75) is 12.8 Å². The predicted octanol–water partition coefficient (Wildman–Crippen LogP) is 2.17. The maximum absolute atomic E-state index is 12.7. The average Bonchev–Trinajstić information content (AvgIpc) is 3.27. The molecule has 1 heterocycles. The highest BCUT2D eigenvalue weighted by atomic mass is 16.5. The van der Waals surface area contributed by atoms with Crippen molar-refractivity contribution in [2.75, 3.05) is 25.5 Å². The van der Waals surface area contributed by atoms with Crippen molar-refractivity contribution in [3.05, 3.63) is 42.2 Å². The molecule has 1 aromatic carbocycles. The summed E-state index contributed by atoms with van der Waals surface area (Å²) in [6.07, 6.45) is 3.56. The number of hydrogen-bond donors (Lipinski definition) is 1. The first-order valence-corrected chi connectivity index (χ1v) is 7.79. The fourth-order valence-corrected chi connectivity index (χ4v) is 2.38. The Morgan fingerprint density at radius 2 is 2.04 bits per heavy atom. The Bertz CT molecular complexity index is 693. The van der Waals surface area contributed by atoms with E-state index in [1.165, 1.54) is 6.26 Å². The molecule has 0 saturated heterocycles. The fraction of sp³-hybridized carbons (Fsp3) is 0.353. The molecule has 126 valence electrons. The normalized spacial score (nSPS) is 13.4. The minimum absolute atomic E-state index is 0.0196. The number of amides is 2. The molecule has 1 aromatic heterocycles. The van der Waals surface area contributed by atoms with Crippen molar-refractivity contribution in [1.82, 2.24) is 10.1 Å². The summed E-state index contributed by atoms with van der Waals surface area (Å²) in [5.41, 5.74) is 0.533. The lowest BCUT2D eigenvalue weighted by Crippen LogP contribution is -2.39. The van der Waals surface area contributed by atoms with Gasteiger partial charge in [-0.3, -0.25) is 9.59 Å². The lowest BCUT2D eigenvalue weighted by molar-refractivity contribution is -0.117. The largest absolute Gasteiger partial charge is 0.497 e. The van der Waals surface area contributed by atoms with Crippen LogP contribution in [0.5, 0.6) is 5.75 Å². The number of nitrogens with zero attached hydrogens (tertiary/aromatic N) is 2. The molecule has 1 fully saturated rings. The lowest BCUT2D eigenvalue weighted by atomic mass is 10.2. The van der Waals surface area contributed by atoms with Crippen LogP contribution in [0.15, 0.2) is 41.1 Å². The van der Waals surface area contributed by atoms with Crippen LogP contribution in [0.4, 0.5) is 5.82 Å². The second kappa shape index (κ2) is 7.16. The molecule has 7 heteroatoms. The van der Waals surface area contributed by atoms with Crippen LogP contribution < -0.4 is 10.1 Å². The van der Waals surface area contributed by atoms with Crippen LogP contribution in [0.3, 0.4) is 0 Å². The molecule has 0 aliphatic heterocycles. The first-order valence-electron chi connectivity index (χ1n) is 7.79. The number of nitrogens with one attached hydrogen (secondary N) is 1. The lowest BCUT2D eigenvalue weighted by Gasteiger charge is -2.22. The van der Waals surface area contributed by atoms with Crippen LogP contribution in [0.2, 0.25) is 0 Å². The molecule has 0 spiro atoms. The van der Waals surface area contributed by atoms with E-state index < -0.39 is 0 Å². The third kappa shape index (κ3) is 4.13. The first kappa shape index (κ1) is 16.0. The fourth-order valence-electron chi connectivity index (χ4n) is 2.38. The molecule has 2 amide bonds. The molecule has 1 N–H and O–H groups in total. The molecular formula is C17H19N3O4. The van der Waals surface area contributed by atoms with Gasteiger partial charge in [0.25, 0.3) is 5.91 Å². The quantitative estimate of drug-likeness (QED) is 0.841. The minimum atomic E-state index is -0.300. The van der Waals surface area contributed by atoms with E-state index >= 15 is 0 Å². The van der Waals surface area contributed by atoms with Gasteiger partial charge < -0.3 is 19.5 Å². The predicted molar refractivity (Wildman–Crippen MR) is 86.8 cm³/mol. The van der Waals surface area contributed by atoms with Crippen molar-refractivity contribution in [1.29, 1.82) is 0 Å². The number of hydrogen-bond acceptors (Lipinski definition) is 5. The number of carbonyl (C=O) groups is 2. The summed E-state index contributed by atoms with van der Waals surface area (Å²) < 4.78 is 9.78. The molecule has 0 bridgehead atoms. The smallest absolute Gasteiger partial charge is 0.254 e. The zero-order chi connectivity index (χ0) is 16.9. The summed E-state index contributed by atoms with van der Waals surface area (Å²) in [5, 5.41) is 6.25. The van der Waals surface area contributed by atoms with E-state index in [9.17, 15) is 9.59 Å². The van der Waals surface area contributed by atoms with Gasteiger partial charge in [-0.2, -0.15) is 0 Å². The molecule has 1 saturated carbocycles. The molecule has 1 aliphatic carbocycles. The topological polar surface area (TPSA) is 84.7 Å². The van der Waals surface area contributed by atoms with E-state index in [-0.39, 0.29) is 18.4 Å². The van der Waals surface area contributed by atoms with Crippen LogP contribution in [0, 0.1) is 5.92 Å². The number of anilines is 1. The Morgan fingerprint density at radius 3 is 2.62 bits per heavy atom. The Hall–Kier alpha value is -2.83. The van der Waals surface area contributed by atoms with Crippen LogP contribution in [0.1, 0.15) is 23.2 Å². The number of benzene rings is 1. The Kier molecular flexibility index (Phi) is 4.79. The van der Waals surface area contributed by atoms with E-state index in [0.717, 1.165) is 12.8 Å². The van der Waals surface area contributed by atoms with Gasteiger partial charge in [0.05, 0.1) is 7.11 Å². The second-order valence-corrected chi connectivity index (χ2v) is 5.79. The summed E-state index contributed by atoms with van der Waals surface area (Å²) in [6.45, 7) is 0.561. The van der Waals surface area contributed by atoms with Crippen LogP contribution in [-0.2, 0) is 4.79 Å². The van der Waals surface area contributed by atoms with Crippen molar-refractivity contribution >= 4 is 17.6 Å². The molecule has 1 aliphatic rings. The highest BCUT2D eigenvalue weighted by Crippen LogP contribution is 2.30. The molecule has 0 unspecified atom stereocenters. The number of aromatic nitrogens is 1. The summed E-state index contributed by atoms with van der Waals surface area (Å²) in [4.78, 5) is 26.4. The molecule has 2 aromatic rings. The average molecular weight is 329 g/mol. The van der Waals surface area contributed by atoms with Gasteiger partial charge in [0.2, 0.25) is 5.91 Å². The van der Waals surface area contributed by atoms with Gasteiger partial charge in [0.1, 0.15) is 18.6 Å². The second-order valence-electron chi connectivity index (χ2n) is 5.79. The van der Waals surface area contributed by atoms with E-state index in [0.29, 0.717) is 29.6 Å². The summed E-state index contributed by atoms with van der Waals surface area (Å²) in [7, 11) is 1.57. The van der Waals surface area contributed by atoms with E-state index in [1.807, 2.05) is 0 Å². The summed E-state index contributed by atoms with van der Waals surface area (Å²) in [6, 6.07) is 8.43. The van der Waals surface area contributed by atoms with Gasteiger partial charge in [-0.1, -0.05) is 5.16 Å². The maximum Gasteiger partial charge on any atom is 0.254 e. The third-order valence-corrected chi connectivity index (χ3v) is 3.84. The van der Waals surface area contributed by atoms with Gasteiger partial charge >= 0.3 is 0 Å². The van der Waals surface area contributed by atoms with E-state index in [2.05, 4.69) is 15.0 Å². The summed E-state index contributed by atoms with van der Waals surface area (Å²) >= 11 is 0. The van der Waals surface area contributed by atoms with Crippen molar-refractivity contribution in [3.63, 3.8) is 0 Å². The molecule has 7 nitrogen and oxygen atoms in total. The number of methoxy groups -OCH3 is 1. The van der Waals surface area contributed by atoms with Crippen molar-refractivity contribution < 1.29 is 18.8 Å². The van der Waals surface area contributed by atoms with E-state index in [4.69, 9.17) is 4.74 Å². The molecular weight excluding hydrogens is 310 g/mol.